The van der Waals surface area contributed by atoms with E-state index in [1.165, 1.54) is 0 Å². The molecule has 28 heavy (non-hydrogen) atoms. The highest BCUT2D eigenvalue weighted by molar-refractivity contribution is 6.74. The van der Waals surface area contributed by atoms with Crippen molar-refractivity contribution in [3.8, 4) is 0 Å². The molecule has 0 radical (unpaired) electrons. The molecule has 0 saturated carbocycles. The minimum Gasteiger partial charge on any atom is -0.415 e. The van der Waals surface area contributed by atoms with Crippen LogP contribution in [-0.4, -0.2) is 77.5 Å². The third kappa shape index (κ3) is 3.98. The van der Waals surface area contributed by atoms with Crippen LogP contribution in [0.1, 0.15) is 31.3 Å². The smallest absolute Gasteiger partial charge is 0.344 e. The van der Waals surface area contributed by atoms with E-state index in [4.69, 9.17) is 4.43 Å². The average Bonchev–Trinajstić information content (AvgIpc) is 3.18. The summed E-state index contributed by atoms with van der Waals surface area (Å²) in [4.78, 5) is 25.7. The molecule has 0 aromatic carbocycles. The lowest BCUT2D eigenvalue weighted by molar-refractivity contribution is -0.0450. The van der Waals surface area contributed by atoms with Crippen LogP contribution < -0.4 is 5.32 Å². The number of carbonyl (C=O) groups is 2. The molecule has 3 heterocycles. The monoisotopic (exact) mass is 407 g/mol. The number of carbonyl (C=O) groups excluding carboxylic acids is 2. The minimum atomic E-state index is -1.83. The fourth-order valence-electron chi connectivity index (χ4n) is 2.93. The predicted octanol–water partition coefficient (Wildman–Crippen LogP) is 1.98. The second kappa shape index (κ2) is 7.34. The topological polar surface area (TPSA) is 99.9 Å². The summed E-state index contributed by atoms with van der Waals surface area (Å²) in [6.07, 6.45) is 3.48. The van der Waals surface area contributed by atoms with Crippen LogP contribution in [0.25, 0.3) is 5.70 Å². The van der Waals surface area contributed by atoms with Crippen molar-refractivity contribution in [3.63, 3.8) is 0 Å². The number of nitrogens with zero attached hydrogens (tertiary/aromatic N) is 4. The van der Waals surface area contributed by atoms with E-state index < -0.39 is 14.3 Å². The normalized spacial score (nSPS) is 19.9. The second-order valence-electron chi connectivity index (χ2n) is 8.74. The molecule has 1 aromatic rings. The quantitative estimate of drug-likeness (QED) is 0.427. The Morgan fingerprint density at radius 1 is 1.43 bits per heavy atom. The fourth-order valence-corrected chi connectivity index (χ4v) is 3.97. The zero-order chi connectivity index (χ0) is 20.7. The van der Waals surface area contributed by atoms with Crippen LogP contribution in [0, 0.1) is 0 Å². The molecule has 9 nitrogen and oxygen atoms in total. The van der Waals surface area contributed by atoms with Gasteiger partial charge in [-0.3, -0.25) is 10.0 Å². The van der Waals surface area contributed by atoms with Gasteiger partial charge in [0.1, 0.15) is 0 Å². The Labute approximate surface area is 166 Å². The van der Waals surface area contributed by atoms with E-state index in [0.29, 0.717) is 31.9 Å². The first-order valence-electron chi connectivity index (χ1n) is 9.45. The second-order valence-corrected chi connectivity index (χ2v) is 13.6. The van der Waals surface area contributed by atoms with Gasteiger partial charge in [0, 0.05) is 19.3 Å². The van der Waals surface area contributed by atoms with Crippen LogP contribution in [0.5, 0.6) is 0 Å². The fraction of sp³-hybridized carbons (Fsp3) is 0.611. The zero-order valence-corrected chi connectivity index (χ0v) is 18.1. The number of rotatable bonds is 6. The maximum atomic E-state index is 12.3. The van der Waals surface area contributed by atoms with Crippen LogP contribution in [0.15, 0.2) is 18.3 Å². The number of urea groups is 1. The first kappa shape index (κ1) is 20.6. The van der Waals surface area contributed by atoms with Crippen molar-refractivity contribution < 1.29 is 19.2 Å². The summed E-state index contributed by atoms with van der Waals surface area (Å²) >= 11 is 0. The molecule has 1 aromatic heterocycles. The van der Waals surface area contributed by atoms with Crippen molar-refractivity contribution >= 4 is 26.0 Å². The van der Waals surface area contributed by atoms with E-state index in [1.807, 2.05) is 0 Å². The number of hydrogen-bond donors (Lipinski definition) is 2. The Kier molecular flexibility index (Phi) is 5.39. The van der Waals surface area contributed by atoms with Crippen LogP contribution in [0.4, 0.5) is 4.79 Å². The summed E-state index contributed by atoms with van der Waals surface area (Å²) in [7, 11) is -1.83. The Hall–Kier alpha value is -2.17. The lowest BCUT2D eigenvalue weighted by Gasteiger charge is -2.36. The van der Waals surface area contributed by atoms with E-state index in [1.54, 1.807) is 27.9 Å². The van der Waals surface area contributed by atoms with Crippen LogP contribution >= 0.6 is 0 Å². The highest BCUT2D eigenvalue weighted by atomic mass is 28.4. The van der Waals surface area contributed by atoms with Crippen molar-refractivity contribution in [2.24, 2.45) is 0 Å². The molecule has 1 unspecified atom stereocenters. The van der Waals surface area contributed by atoms with Crippen molar-refractivity contribution in [1.82, 2.24) is 25.1 Å². The number of fused-ring (bicyclic) bond motifs is 2. The number of aromatic nitrogens is 2. The Morgan fingerprint density at radius 2 is 2.14 bits per heavy atom. The van der Waals surface area contributed by atoms with E-state index in [9.17, 15) is 14.8 Å². The summed E-state index contributed by atoms with van der Waals surface area (Å²) in [5, 5.41) is 17.8. The third-order valence-corrected chi connectivity index (χ3v) is 10.2. The van der Waals surface area contributed by atoms with Crippen LogP contribution in [-0.2, 0) is 4.43 Å². The minimum absolute atomic E-state index is 0.129. The van der Waals surface area contributed by atoms with Gasteiger partial charge in [0.15, 0.2) is 14.0 Å². The van der Waals surface area contributed by atoms with Gasteiger partial charge in [-0.05, 0) is 30.3 Å². The van der Waals surface area contributed by atoms with Crippen LogP contribution in [0.2, 0.25) is 18.1 Å². The molecule has 2 bridgehead atoms. The first-order chi connectivity index (χ1) is 13.0. The summed E-state index contributed by atoms with van der Waals surface area (Å²) < 4.78 is 7.63. The van der Waals surface area contributed by atoms with Gasteiger partial charge in [0.05, 0.1) is 24.9 Å². The predicted molar refractivity (Wildman–Crippen MR) is 106 cm³/mol. The lowest BCUT2D eigenvalue weighted by Crippen LogP contribution is -2.42. The molecular weight excluding hydrogens is 378 g/mol. The van der Waals surface area contributed by atoms with Crippen LogP contribution in [0.3, 0.4) is 0 Å². The van der Waals surface area contributed by atoms with Gasteiger partial charge in [0.25, 0.3) is 5.91 Å². The Bertz CT molecular complexity index is 798. The highest BCUT2D eigenvalue weighted by Crippen LogP contribution is 2.36. The third-order valence-electron chi connectivity index (χ3n) is 5.70. The number of nitrogens with one attached hydrogen (secondary N) is 1. The van der Waals surface area contributed by atoms with Crippen molar-refractivity contribution in [2.75, 3.05) is 26.2 Å². The largest absolute Gasteiger partial charge is 0.415 e. The molecule has 2 N–H and O–H groups in total. The van der Waals surface area contributed by atoms with Gasteiger partial charge in [-0.25, -0.2) is 9.48 Å². The van der Waals surface area contributed by atoms with Gasteiger partial charge in [-0.15, -0.1) is 0 Å². The molecule has 2 aliphatic rings. The molecule has 10 heteroatoms. The molecule has 0 aliphatic carbocycles. The molecule has 1 fully saturated rings. The van der Waals surface area contributed by atoms with E-state index in [2.05, 4.69) is 44.3 Å². The van der Waals surface area contributed by atoms with E-state index >= 15 is 0 Å². The van der Waals surface area contributed by atoms with Gasteiger partial charge in [-0.1, -0.05) is 20.8 Å². The van der Waals surface area contributed by atoms with Gasteiger partial charge in [0.2, 0.25) is 0 Å². The molecular formula is C18H29N5O4Si. The molecule has 3 amide bonds. The Balaban J connectivity index is 1.54. The molecule has 0 spiro atoms. The first-order valence-corrected chi connectivity index (χ1v) is 12.4. The van der Waals surface area contributed by atoms with E-state index in [0.717, 1.165) is 10.8 Å². The SMILES string of the molecule is CC(C)(C)[Si](C)(C)OCCNC(=O)c1ccn(C2=CC3CN(C2)C(=O)N3O)n1. The van der Waals surface area contributed by atoms with E-state index in [-0.39, 0.29) is 17.0 Å². The van der Waals surface area contributed by atoms with Gasteiger partial charge < -0.3 is 14.6 Å². The summed E-state index contributed by atoms with van der Waals surface area (Å²) in [5.41, 5.74) is 1.05. The summed E-state index contributed by atoms with van der Waals surface area (Å²) in [6.45, 7) is 12.6. The van der Waals surface area contributed by atoms with Gasteiger partial charge >= 0.3 is 6.03 Å². The molecule has 3 rings (SSSR count). The summed E-state index contributed by atoms with van der Waals surface area (Å²) in [6, 6.07) is 0.836. The average molecular weight is 408 g/mol. The molecule has 1 atom stereocenters. The zero-order valence-electron chi connectivity index (χ0n) is 17.1. The standard InChI is InChI=1S/C18H29N5O4Si/c1-18(2,3)28(4,5)27-9-7-19-16(24)15-6-8-22(20-15)13-10-14-12-21(11-13)17(25)23(14)26/h6,8,10,14,26H,7,9,11-12H2,1-5H3,(H,19,24). The number of hydrogen-bond acceptors (Lipinski definition) is 5. The van der Waals surface area contributed by atoms with Crippen molar-refractivity contribution in [1.29, 1.82) is 0 Å². The number of hydroxylamine groups is 2. The van der Waals surface area contributed by atoms with Gasteiger partial charge in [-0.2, -0.15) is 10.2 Å². The van der Waals surface area contributed by atoms with Crippen molar-refractivity contribution in [3.05, 3.63) is 24.0 Å². The lowest BCUT2D eigenvalue weighted by atomic mass is 10.2. The molecule has 154 valence electrons. The number of amides is 3. The molecule has 1 saturated heterocycles. The van der Waals surface area contributed by atoms with Crippen molar-refractivity contribution in [2.45, 2.75) is 44.9 Å². The maximum Gasteiger partial charge on any atom is 0.344 e. The summed E-state index contributed by atoms with van der Waals surface area (Å²) in [5.74, 6) is -0.267. The Morgan fingerprint density at radius 3 is 2.79 bits per heavy atom. The maximum absolute atomic E-state index is 12.3. The molecule has 2 aliphatic heterocycles. The highest BCUT2D eigenvalue weighted by Gasteiger charge is 2.40.